The molecule has 1 saturated carbocycles. The summed E-state index contributed by atoms with van der Waals surface area (Å²) in [6.07, 6.45) is 5.84. The van der Waals surface area contributed by atoms with E-state index in [9.17, 15) is 14.9 Å². The second-order valence-corrected chi connectivity index (χ2v) is 5.75. The number of carbonyl (C=O) groups is 1. The molecule has 0 radical (unpaired) electrons. The number of benzene rings is 2. The van der Waals surface area contributed by atoms with Crippen LogP contribution in [0, 0.1) is 10.1 Å². The van der Waals surface area contributed by atoms with Gasteiger partial charge in [-0.05, 0) is 43.0 Å². The second kappa shape index (κ2) is 7.04. The van der Waals surface area contributed by atoms with Gasteiger partial charge >= 0.3 is 0 Å². The van der Waals surface area contributed by atoms with E-state index < -0.39 is 4.92 Å². The number of para-hydroxylation sites is 1. The molecule has 0 bridgehead atoms. The molecular weight excluding hydrogens is 302 g/mol. The largest absolute Gasteiger partial charge is 0.289 e. The number of rotatable bonds is 3. The predicted molar refractivity (Wildman–Crippen MR) is 94.4 cm³/mol. The summed E-state index contributed by atoms with van der Waals surface area (Å²) in [5.41, 5.74) is 2.89. The second-order valence-electron chi connectivity index (χ2n) is 5.75. The summed E-state index contributed by atoms with van der Waals surface area (Å²) >= 11 is 0. The van der Waals surface area contributed by atoms with Crippen LogP contribution in [-0.4, -0.2) is 10.7 Å². The van der Waals surface area contributed by atoms with Crippen molar-refractivity contribution >= 4 is 23.6 Å². The maximum Gasteiger partial charge on any atom is 0.276 e. The first kappa shape index (κ1) is 15.9. The highest BCUT2D eigenvalue weighted by Gasteiger charge is 2.21. The van der Waals surface area contributed by atoms with Crippen molar-refractivity contribution in [2.24, 2.45) is 0 Å². The van der Waals surface area contributed by atoms with Crippen LogP contribution in [0.1, 0.15) is 30.4 Å². The minimum Gasteiger partial charge on any atom is -0.289 e. The maximum atomic E-state index is 12.7. The Labute approximate surface area is 140 Å². The van der Waals surface area contributed by atoms with Gasteiger partial charge in [-0.15, -0.1) is 0 Å². The van der Waals surface area contributed by atoms with Crippen molar-refractivity contribution in [3.05, 3.63) is 87.0 Å². The molecule has 0 atom stereocenters. The first-order valence-electron chi connectivity index (χ1n) is 7.89. The van der Waals surface area contributed by atoms with Crippen molar-refractivity contribution < 1.29 is 9.72 Å². The molecule has 0 unspecified atom stereocenters. The molecule has 2 aromatic carbocycles. The van der Waals surface area contributed by atoms with Crippen molar-refractivity contribution in [2.75, 3.05) is 0 Å². The van der Waals surface area contributed by atoms with Gasteiger partial charge < -0.3 is 0 Å². The van der Waals surface area contributed by atoms with Gasteiger partial charge in [-0.1, -0.05) is 42.5 Å². The van der Waals surface area contributed by atoms with Crippen LogP contribution >= 0.6 is 0 Å². The average Bonchev–Trinajstić information content (AvgIpc) is 2.60. The van der Waals surface area contributed by atoms with Crippen LogP contribution in [0.5, 0.6) is 0 Å². The predicted octanol–water partition coefficient (Wildman–Crippen LogP) is 4.81. The van der Waals surface area contributed by atoms with E-state index in [-0.39, 0.29) is 11.5 Å². The minimum absolute atomic E-state index is 0.0109. The van der Waals surface area contributed by atoms with Crippen LogP contribution in [-0.2, 0) is 4.79 Å². The molecule has 1 aliphatic rings. The molecule has 2 aromatic rings. The normalized spacial score (nSPS) is 18.1. The lowest BCUT2D eigenvalue weighted by atomic mass is 9.86. The van der Waals surface area contributed by atoms with Gasteiger partial charge in [0.1, 0.15) is 0 Å². The van der Waals surface area contributed by atoms with E-state index in [4.69, 9.17) is 0 Å². The molecule has 4 nitrogen and oxygen atoms in total. The fraction of sp³-hybridized carbons (Fsp3) is 0.150. The topological polar surface area (TPSA) is 60.2 Å². The standard InChI is InChI=1S/C20H17NO3/c22-20-17(13-15-7-2-1-3-8-15)10-6-11-18(20)14-16-9-4-5-12-19(16)21(23)24/h1-5,7-9,12-14H,6,10-11H2/b17-13+,18-14+. The van der Waals surface area contributed by atoms with Crippen LogP contribution in [0.3, 0.4) is 0 Å². The Balaban J connectivity index is 1.94. The first-order valence-corrected chi connectivity index (χ1v) is 7.89. The molecule has 0 heterocycles. The van der Waals surface area contributed by atoms with Crippen LogP contribution in [0.4, 0.5) is 5.69 Å². The third kappa shape index (κ3) is 3.49. The number of ketones is 1. The highest BCUT2D eigenvalue weighted by molar-refractivity contribution is 6.14. The van der Waals surface area contributed by atoms with E-state index in [1.54, 1.807) is 24.3 Å². The fourth-order valence-corrected chi connectivity index (χ4v) is 2.89. The van der Waals surface area contributed by atoms with Gasteiger partial charge in [-0.2, -0.15) is 0 Å². The van der Waals surface area contributed by atoms with E-state index in [2.05, 4.69) is 0 Å². The van der Waals surface area contributed by atoms with Crippen LogP contribution in [0.25, 0.3) is 12.2 Å². The van der Waals surface area contributed by atoms with E-state index in [0.717, 1.165) is 24.0 Å². The Kier molecular flexibility index (Phi) is 4.66. The third-order valence-corrected chi connectivity index (χ3v) is 4.08. The molecule has 1 fully saturated rings. The van der Waals surface area contributed by atoms with E-state index in [0.29, 0.717) is 17.6 Å². The minimum atomic E-state index is -0.416. The lowest BCUT2D eigenvalue weighted by molar-refractivity contribution is -0.385. The zero-order valence-electron chi connectivity index (χ0n) is 13.1. The Morgan fingerprint density at radius 3 is 2.21 bits per heavy atom. The summed E-state index contributed by atoms with van der Waals surface area (Å²) in [6, 6.07) is 16.2. The zero-order valence-corrected chi connectivity index (χ0v) is 13.1. The molecular formula is C20H17NO3. The number of carbonyl (C=O) groups excluding carboxylic acids is 1. The van der Waals surface area contributed by atoms with Gasteiger partial charge in [-0.3, -0.25) is 14.9 Å². The Bertz CT molecular complexity index is 835. The van der Waals surface area contributed by atoms with Crippen molar-refractivity contribution in [3.8, 4) is 0 Å². The Hall–Kier alpha value is -3.01. The van der Waals surface area contributed by atoms with E-state index in [1.807, 2.05) is 36.4 Å². The number of hydrogen-bond acceptors (Lipinski definition) is 3. The molecule has 0 aromatic heterocycles. The average molecular weight is 319 g/mol. The van der Waals surface area contributed by atoms with Crippen molar-refractivity contribution in [3.63, 3.8) is 0 Å². The lowest BCUT2D eigenvalue weighted by Gasteiger charge is -2.16. The molecule has 24 heavy (non-hydrogen) atoms. The van der Waals surface area contributed by atoms with E-state index in [1.165, 1.54) is 6.07 Å². The smallest absolute Gasteiger partial charge is 0.276 e. The Morgan fingerprint density at radius 2 is 1.50 bits per heavy atom. The fourth-order valence-electron chi connectivity index (χ4n) is 2.89. The van der Waals surface area contributed by atoms with Crippen molar-refractivity contribution in [1.29, 1.82) is 0 Å². The molecule has 0 saturated heterocycles. The van der Waals surface area contributed by atoms with Crippen LogP contribution in [0.2, 0.25) is 0 Å². The number of Topliss-reactive ketones (excluding diaryl/α,β-unsaturated/α-hetero) is 1. The maximum absolute atomic E-state index is 12.7. The Morgan fingerprint density at radius 1 is 0.875 bits per heavy atom. The monoisotopic (exact) mass is 319 g/mol. The lowest BCUT2D eigenvalue weighted by Crippen LogP contribution is -2.12. The van der Waals surface area contributed by atoms with Crippen LogP contribution < -0.4 is 0 Å². The van der Waals surface area contributed by atoms with Gasteiger partial charge in [0.15, 0.2) is 5.78 Å². The van der Waals surface area contributed by atoms with Crippen LogP contribution in [0.15, 0.2) is 65.7 Å². The molecule has 0 amide bonds. The highest BCUT2D eigenvalue weighted by Crippen LogP contribution is 2.30. The van der Waals surface area contributed by atoms with Gasteiger partial charge in [0, 0.05) is 17.2 Å². The zero-order chi connectivity index (χ0) is 16.9. The molecule has 3 rings (SSSR count). The quantitative estimate of drug-likeness (QED) is 0.463. The number of nitro benzene ring substituents is 1. The highest BCUT2D eigenvalue weighted by atomic mass is 16.6. The van der Waals surface area contributed by atoms with Gasteiger partial charge in [-0.25, -0.2) is 0 Å². The third-order valence-electron chi connectivity index (χ3n) is 4.08. The molecule has 0 aliphatic heterocycles. The van der Waals surface area contributed by atoms with Gasteiger partial charge in [0.25, 0.3) is 5.69 Å². The summed E-state index contributed by atoms with van der Waals surface area (Å²) in [5.74, 6) is -0.0109. The summed E-state index contributed by atoms with van der Waals surface area (Å²) in [6.45, 7) is 0. The van der Waals surface area contributed by atoms with Gasteiger partial charge in [0.2, 0.25) is 0 Å². The summed E-state index contributed by atoms with van der Waals surface area (Å²) in [7, 11) is 0. The number of nitrogens with zero attached hydrogens (tertiary/aromatic N) is 1. The van der Waals surface area contributed by atoms with E-state index >= 15 is 0 Å². The summed E-state index contributed by atoms with van der Waals surface area (Å²) in [4.78, 5) is 23.4. The van der Waals surface area contributed by atoms with Gasteiger partial charge in [0.05, 0.1) is 10.5 Å². The number of nitro groups is 1. The number of hydrogen-bond donors (Lipinski definition) is 0. The molecule has 0 N–H and O–H groups in total. The summed E-state index contributed by atoms with van der Waals surface area (Å²) in [5, 5.41) is 11.1. The molecule has 1 aliphatic carbocycles. The summed E-state index contributed by atoms with van der Waals surface area (Å²) < 4.78 is 0. The van der Waals surface area contributed by atoms with Crippen molar-refractivity contribution in [2.45, 2.75) is 19.3 Å². The molecule has 4 heteroatoms. The number of allylic oxidation sites excluding steroid dienone is 2. The molecule has 120 valence electrons. The first-order chi connectivity index (χ1) is 11.6. The molecule has 0 spiro atoms. The SMILES string of the molecule is O=C1/C(=C/c2ccccc2)CCC/C1=C\c1ccccc1[N+](=O)[O-]. The van der Waals surface area contributed by atoms with Crippen molar-refractivity contribution in [1.82, 2.24) is 0 Å².